The molecule has 2 saturated carbocycles. The molecule has 11 heteroatoms. The van der Waals surface area contributed by atoms with Crippen LogP contribution in [0.4, 0.5) is 0 Å². The van der Waals surface area contributed by atoms with Gasteiger partial charge in [-0.3, -0.25) is 9.69 Å². The molecule has 6 rings (SSSR count). The van der Waals surface area contributed by atoms with Gasteiger partial charge in [-0.25, -0.2) is 14.4 Å². The third kappa shape index (κ3) is 5.27. The van der Waals surface area contributed by atoms with Gasteiger partial charge in [0.25, 0.3) is 5.91 Å². The average Bonchev–Trinajstić information content (AvgIpc) is 3.31. The summed E-state index contributed by atoms with van der Waals surface area (Å²) < 4.78 is 35.6. The molecule has 1 aromatic carbocycles. The highest BCUT2D eigenvalue weighted by Gasteiger charge is 2.34. The van der Waals surface area contributed by atoms with Crippen LogP contribution in [-0.4, -0.2) is 84.7 Å². The molecule has 0 bridgehead atoms. The first-order valence-electron chi connectivity index (χ1n) is 14.4. The summed E-state index contributed by atoms with van der Waals surface area (Å²) in [4.78, 5) is 20.7. The fraction of sp³-hybridized carbons (Fsp3) is 0.552. The summed E-state index contributed by atoms with van der Waals surface area (Å²) in [6.45, 7) is 3.55. The van der Waals surface area contributed by atoms with Crippen LogP contribution in [0.5, 0.6) is 0 Å². The van der Waals surface area contributed by atoms with E-state index in [0.717, 1.165) is 91.5 Å². The van der Waals surface area contributed by atoms with E-state index in [1.807, 2.05) is 41.1 Å². The molecule has 2 aromatic heterocycles. The van der Waals surface area contributed by atoms with E-state index >= 15 is 0 Å². The van der Waals surface area contributed by atoms with Gasteiger partial charge in [0.2, 0.25) is 0 Å². The summed E-state index contributed by atoms with van der Waals surface area (Å²) in [5.74, 6) is -0.122. The SMILES string of the molecule is CN(C)S(=O)(=O)NC(=O)c1cc(C2CCC(N3CCOCC3)CC2)c2c(C3CCC3)nn(-c3ccccc3)c2n1. The van der Waals surface area contributed by atoms with Crippen molar-refractivity contribution in [3.8, 4) is 5.69 Å². The fourth-order valence-electron chi connectivity index (χ4n) is 6.28. The molecule has 3 heterocycles. The topological polar surface area (TPSA) is 110 Å². The molecule has 1 saturated heterocycles. The lowest BCUT2D eigenvalue weighted by molar-refractivity contribution is 0.00732. The van der Waals surface area contributed by atoms with Gasteiger partial charge in [0.15, 0.2) is 5.65 Å². The Kier molecular flexibility index (Phi) is 7.64. The van der Waals surface area contributed by atoms with Gasteiger partial charge in [0, 0.05) is 44.5 Å². The van der Waals surface area contributed by atoms with Crippen LogP contribution < -0.4 is 4.72 Å². The third-order valence-corrected chi connectivity index (χ3v) is 10.2. The van der Waals surface area contributed by atoms with Crippen LogP contribution >= 0.6 is 0 Å². The highest BCUT2D eigenvalue weighted by Crippen LogP contribution is 2.44. The summed E-state index contributed by atoms with van der Waals surface area (Å²) in [6, 6.07) is 12.2. The van der Waals surface area contributed by atoms with Crippen LogP contribution in [0, 0.1) is 0 Å². The first-order valence-corrected chi connectivity index (χ1v) is 15.8. The van der Waals surface area contributed by atoms with E-state index in [4.69, 9.17) is 14.8 Å². The Hall–Kier alpha value is -2.86. The number of morpholine rings is 1. The number of hydrogen-bond acceptors (Lipinski definition) is 7. The average molecular weight is 567 g/mol. The molecule has 1 aliphatic heterocycles. The Bertz CT molecular complexity index is 1470. The number of carbonyl (C=O) groups excluding carboxylic acids is 1. The number of carbonyl (C=O) groups is 1. The summed E-state index contributed by atoms with van der Waals surface area (Å²) in [6.07, 6.45) is 7.52. The molecule has 1 N–H and O–H groups in total. The number of nitrogens with zero attached hydrogens (tertiary/aromatic N) is 5. The molecule has 0 atom stereocenters. The molecule has 0 unspecified atom stereocenters. The molecule has 2 aliphatic carbocycles. The minimum atomic E-state index is -3.97. The van der Waals surface area contributed by atoms with Crippen LogP contribution in [0.15, 0.2) is 36.4 Å². The molecular weight excluding hydrogens is 528 g/mol. The third-order valence-electron chi connectivity index (χ3n) is 8.82. The largest absolute Gasteiger partial charge is 0.379 e. The maximum atomic E-state index is 13.3. The molecule has 0 spiro atoms. The number of rotatable bonds is 7. The van der Waals surface area contributed by atoms with Gasteiger partial charge in [-0.05, 0) is 68.2 Å². The Balaban J connectivity index is 1.44. The maximum Gasteiger partial charge on any atom is 0.303 e. The van der Waals surface area contributed by atoms with Crippen molar-refractivity contribution in [2.24, 2.45) is 0 Å². The molecule has 214 valence electrons. The number of aromatic nitrogens is 3. The van der Waals surface area contributed by atoms with Crippen molar-refractivity contribution in [1.29, 1.82) is 0 Å². The number of nitrogens with one attached hydrogen (secondary N) is 1. The zero-order chi connectivity index (χ0) is 27.9. The Morgan fingerprint density at radius 1 is 1.00 bits per heavy atom. The van der Waals surface area contributed by atoms with E-state index in [1.54, 1.807) is 0 Å². The summed E-state index contributed by atoms with van der Waals surface area (Å²) in [7, 11) is -1.19. The van der Waals surface area contributed by atoms with Crippen molar-refractivity contribution in [3.63, 3.8) is 0 Å². The summed E-state index contributed by atoms with van der Waals surface area (Å²) in [5, 5.41) is 6.14. The molecular formula is C29H38N6O4S. The smallest absolute Gasteiger partial charge is 0.303 e. The summed E-state index contributed by atoms with van der Waals surface area (Å²) >= 11 is 0. The number of ether oxygens (including phenoxy) is 1. The van der Waals surface area contributed by atoms with Gasteiger partial charge < -0.3 is 4.74 Å². The van der Waals surface area contributed by atoms with Crippen LogP contribution in [0.25, 0.3) is 16.7 Å². The number of fused-ring (bicyclic) bond motifs is 1. The Morgan fingerprint density at radius 3 is 2.33 bits per heavy atom. The normalized spacial score (nSPS) is 22.9. The van der Waals surface area contributed by atoms with Crippen LogP contribution in [-0.2, 0) is 14.9 Å². The van der Waals surface area contributed by atoms with Crippen molar-refractivity contribution in [3.05, 3.63) is 53.3 Å². The number of amides is 1. The molecule has 3 fully saturated rings. The van der Waals surface area contributed by atoms with E-state index in [-0.39, 0.29) is 11.6 Å². The quantitative estimate of drug-likeness (QED) is 0.466. The van der Waals surface area contributed by atoms with Crippen molar-refractivity contribution in [2.75, 3.05) is 40.4 Å². The Morgan fingerprint density at radius 2 is 1.70 bits per heavy atom. The predicted molar refractivity (Wildman–Crippen MR) is 153 cm³/mol. The van der Waals surface area contributed by atoms with Gasteiger partial charge in [-0.15, -0.1) is 0 Å². The van der Waals surface area contributed by atoms with Gasteiger partial charge in [0.1, 0.15) is 5.69 Å². The van der Waals surface area contributed by atoms with E-state index in [0.29, 0.717) is 17.6 Å². The highest BCUT2D eigenvalue weighted by molar-refractivity contribution is 7.87. The van der Waals surface area contributed by atoms with Crippen molar-refractivity contribution < 1.29 is 17.9 Å². The molecule has 10 nitrogen and oxygen atoms in total. The number of para-hydroxylation sites is 1. The lowest BCUT2D eigenvalue weighted by atomic mass is 9.77. The van der Waals surface area contributed by atoms with E-state index < -0.39 is 16.1 Å². The Labute approximate surface area is 235 Å². The zero-order valence-corrected chi connectivity index (χ0v) is 24.1. The van der Waals surface area contributed by atoms with Crippen molar-refractivity contribution in [2.45, 2.75) is 62.8 Å². The predicted octanol–water partition coefficient (Wildman–Crippen LogP) is 3.58. The van der Waals surface area contributed by atoms with E-state index in [1.165, 1.54) is 20.5 Å². The minimum Gasteiger partial charge on any atom is -0.379 e. The molecule has 40 heavy (non-hydrogen) atoms. The second kappa shape index (κ2) is 11.2. The van der Waals surface area contributed by atoms with Gasteiger partial charge in [-0.2, -0.15) is 17.8 Å². The second-order valence-corrected chi connectivity index (χ2v) is 13.3. The second-order valence-electron chi connectivity index (χ2n) is 11.4. The van der Waals surface area contributed by atoms with Crippen LogP contribution in [0.1, 0.15) is 78.5 Å². The fourth-order valence-corrected chi connectivity index (χ4v) is 6.80. The van der Waals surface area contributed by atoms with Crippen LogP contribution in [0.3, 0.4) is 0 Å². The standard InChI is InChI=1S/C29H38N6O4S/c1-33(2)40(37,38)32-29(36)25-19-24(20-11-13-22(14-12-20)34-15-17-39-18-16-34)26-27(21-7-6-8-21)31-35(28(26)30-25)23-9-4-3-5-10-23/h3-5,9-10,19-22H,6-8,11-18H2,1-2H3,(H,32,36). The number of benzene rings is 1. The molecule has 0 radical (unpaired) electrons. The van der Waals surface area contributed by atoms with E-state index in [2.05, 4.69) is 9.62 Å². The summed E-state index contributed by atoms with van der Waals surface area (Å²) in [5.41, 5.74) is 3.71. The van der Waals surface area contributed by atoms with Gasteiger partial charge in [-0.1, -0.05) is 24.6 Å². The maximum absolute atomic E-state index is 13.3. The lowest BCUT2D eigenvalue weighted by Gasteiger charge is -2.39. The number of hydrogen-bond donors (Lipinski definition) is 1. The monoisotopic (exact) mass is 566 g/mol. The lowest BCUT2D eigenvalue weighted by Crippen LogP contribution is -2.44. The first kappa shape index (κ1) is 27.3. The van der Waals surface area contributed by atoms with Crippen LogP contribution in [0.2, 0.25) is 0 Å². The van der Waals surface area contributed by atoms with E-state index in [9.17, 15) is 13.2 Å². The number of pyridine rings is 1. The molecule has 3 aromatic rings. The molecule has 1 amide bonds. The van der Waals surface area contributed by atoms with Crippen molar-refractivity contribution in [1.82, 2.24) is 28.7 Å². The minimum absolute atomic E-state index is 0.0977. The van der Waals surface area contributed by atoms with Crippen molar-refractivity contribution >= 4 is 27.1 Å². The van der Waals surface area contributed by atoms with Gasteiger partial charge >= 0.3 is 10.2 Å². The molecule has 3 aliphatic rings. The van der Waals surface area contributed by atoms with Gasteiger partial charge in [0.05, 0.1) is 24.6 Å². The zero-order valence-electron chi connectivity index (χ0n) is 23.3. The highest BCUT2D eigenvalue weighted by atomic mass is 32.2. The first-order chi connectivity index (χ1) is 19.3.